The van der Waals surface area contributed by atoms with Crippen LogP contribution in [0.3, 0.4) is 0 Å². The second-order valence-corrected chi connectivity index (χ2v) is 9.26. The first-order valence-electron chi connectivity index (χ1n) is 10.8. The topological polar surface area (TPSA) is 46.6 Å². The van der Waals surface area contributed by atoms with E-state index in [2.05, 4.69) is 0 Å². The van der Waals surface area contributed by atoms with Crippen molar-refractivity contribution in [2.75, 3.05) is 0 Å². The van der Waals surface area contributed by atoms with Crippen LogP contribution < -0.4 is 4.74 Å². The van der Waals surface area contributed by atoms with Crippen molar-refractivity contribution < 1.29 is 14.3 Å². The minimum atomic E-state index is -0.276. The van der Waals surface area contributed by atoms with Gasteiger partial charge in [0.15, 0.2) is 0 Å². The van der Waals surface area contributed by atoms with E-state index in [1.165, 1.54) is 4.90 Å². The quantitative estimate of drug-likeness (QED) is 0.269. The Bertz CT molecular complexity index is 1410. The molecular formula is C28H20ClNO3S. The summed E-state index contributed by atoms with van der Waals surface area (Å²) in [6.07, 6.45) is 1.74. The molecule has 168 valence electrons. The van der Waals surface area contributed by atoms with Gasteiger partial charge in [0.1, 0.15) is 12.4 Å². The fourth-order valence-corrected chi connectivity index (χ4v) is 4.85. The summed E-state index contributed by atoms with van der Waals surface area (Å²) in [5.74, 6) is 0.420. The Kier molecular flexibility index (Phi) is 6.39. The van der Waals surface area contributed by atoms with Crippen LogP contribution in [0.5, 0.6) is 5.75 Å². The summed E-state index contributed by atoms with van der Waals surface area (Å²) in [5.41, 5.74) is 2.68. The molecule has 1 saturated heterocycles. The Morgan fingerprint density at radius 3 is 2.35 bits per heavy atom. The number of halogens is 1. The van der Waals surface area contributed by atoms with Gasteiger partial charge in [0, 0.05) is 10.6 Å². The molecule has 1 aliphatic heterocycles. The van der Waals surface area contributed by atoms with E-state index in [0.29, 0.717) is 22.3 Å². The van der Waals surface area contributed by atoms with Crippen molar-refractivity contribution in [3.8, 4) is 5.75 Å². The molecule has 4 aromatic rings. The first kappa shape index (κ1) is 22.3. The Morgan fingerprint density at radius 2 is 1.53 bits per heavy atom. The third-order valence-electron chi connectivity index (χ3n) is 5.61. The average Bonchev–Trinajstić information content (AvgIpc) is 3.12. The predicted molar refractivity (Wildman–Crippen MR) is 138 cm³/mol. The molecule has 1 heterocycles. The molecule has 1 aliphatic rings. The van der Waals surface area contributed by atoms with Crippen LogP contribution in [0.4, 0.5) is 4.79 Å². The van der Waals surface area contributed by atoms with Crippen LogP contribution >= 0.6 is 23.4 Å². The summed E-state index contributed by atoms with van der Waals surface area (Å²) < 4.78 is 5.81. The molecule has 34 heavy (non-hydrogen) atoms. The second-order valence-electron chi connectivity index (χ2n) is 7.86. The minimum Gasteiger partial charge on any atom is -0.489 e. The molecule has 0 saturated carbocycles. The van der Waals surface area contributed by atoms with Gasteiger partial charge in [-0.05, 0) is 57.9 Å². The molecule has 0 unspecified atom stereocenters. The van der Waals surface area contributed by atoms with Crippen molar-refractivity contribution in [1.82, 2.24) is 4.90 Å². The summed E-state index contributed by atoms with van der Waals surface area (Å²) in [4.78, 5) is 27.3. The van der Waals surface area contributed by atoms with Gasteiger partial charge in [0.2, 0.25) is 0 Å². The first-order chi connectivity index (χ1) is 16.6. The number of carbonyl (C=O) groups is 2. The van der Waals surface area contributed by atoms with Gasteiger partial charge >= 0.3 is 0 Å². The van der Waals surface area contributed by atoms with E-state index in [1.807, 2.05) is 91.0 Å². The van der Waals surface area contributed by atoms with Gasteiger partial charge in [-0.3, -0.25) is 14.5 Å². The molecule has 4 nitrogen and oxygen atoms in total. The number of rotatable bonds is 6. The second kappa shape index (κ2) is 9.75. The highest BCUT2D eigenvalue weighted by atomic mass is 35.5. The SMILES string of the molecule is O=C1S/C(=C\c2ccc(OCc3ccccc3Cl)cc2)C(=O)N1Cc1cccc2ccccc12. The molecule has 0 spiro atoms. The lowest BCUT2D eigenvalue weighted by atomic mass is 10.0. The standard InChI is InChI=1S/C28H20ClNO3S/c29-25-11-4-2-7-22(25)18-33-23-14-12-19(13-15-23)16-26-27(31)30(28(32)34-26)17-21-9-5-8-20-6-1-3-10-24(20)21/h1-16H,17-18H2/b26-16-. The Morgan fingerprint density at radius 1 is 0.824 bits per heavy atom. The number of hydrogen-bond donors (Lipinski definition) is 0. The summed E-state index contributed by atoms with van der Waals surface area (Å²) >= 11 is 7.14. The molecule has 6 heteroatoms. The number of nitrogens with zero attached hydrogens (tertiary/aromatic N) is 1. The number of carbonyl (C=O) groups excluding carboxylic acids is 2. The van der Waals surface area contributed by atoms with E-state index < -0.39 is 0 Å². The zero-order valence-electron chi connectivity index (χ0n) is 18.1. The molecular weight excluding hydrogens is 466 g/mol. The molecule has 0 radical (unpaired) electrons. The molecule has 0 bridgehead atoms. The normalized spacial score (nSPS) is 14.9. The number of ether oxygens (including phenoxy) is 1. The summed E-state index contributed by atoms with van der Waals surface area (Å²) in [7, 11) is 0. The third kappa shape index (κ3) is 4.72. The van der Waals surface area contributed by atoms with Crippen LogP contribution in [0.25, 0.3) is 16.8 Å². The maximum absolute atomic E-state index is 13.0. The number of thioether (sulfide) groups is 1. The number of benzene rings is 4. The van der Waals surface area contributed by atoms with E-state index in [1.54, 1.807) is 6.08 Å². The van der Waals surface area contributed by atoms with Gasteiger partial charge < -0.3 is 4.74 Å². The van der Waals surface area contributed by atoms with E-state index >= 15 is 0 Å². The van der Waals surface area contributed by atoms with Gasteiger partial charge in [-0.25, -0.2) is 0 Å². The predicted octanol–water partition coefficient (Wildman–Crippen LogP) is 7.31. The monoisotopic (exact) mass is 485 g/mol. The average molecular weight is 486 g/mol. The molecule has 0 N–H and O–H groups in total. The van der Waals surface area contributed by atoms with Gasteiger partial charge in [-0.2, -0.15) is 0 Å². The smallest absolute Gasteiger partial charge is 0.293 e. The molecule has 0 aliphatic carbocycles. The summed E-state index contributed by atoms with van der Waals surface area (Å²) in [6.45, 7) is 0.615. The van der Waals surface area contributed by atoms with Crippen LogP contribution in [-0.2, 0) is 17.9 Å². The molecule has 1 fully saturated rings. The Labute approximate surface area is 206 Å². The number of fused-ring (bicyclic) bond motifs is 1. The highest BCUT2D eigenvalue weighted by Crippen LogP contribution is 2.34. The number of imide groups is 1. The fraction of sp³-hybridized carbons (Fsp3) is 0.0714. The lowest BCUT2D eigenvalue weighted by molar-refractivity contribution is -0.123. The van der Waals surface area contributed by atoms with Gasteiger partial charge in [0.25, 0.3) is 11.1 Å². The number of amides is 2. The molecule has 4 aromatic carbocycles. The first-order valence-corrected chi connectivity index (χ1v) is 12.0. The van der Waals surface area contributed by atoms with Crippen molar-refractivity contribution in [3.05, 3.63) is 118 Å². The van der Waals surface area contributed by atoms with Crippen LogP contribution in [0, 0.1) is 0 Å². The van der Waals surface area contributed by atoms with Crippen molar-refractivity contribution in [2.24, 2.45) is 0 Å². The highest BCUT2D eigenvalue weighted by molar-refractivity contribution is 8.18. The third-order valence-corrected chi connectivity index (χ3v) is 6.89. The van der Waals surface area contributed by atoms with Gasteiger partial charge in [0.05, 0.1) is 11.4 Å². The van der Waals surface area contributed by atoms with E-state index in [-0.39, 0.29) is 17.7 Å². The minimum absolute atomic E-state index is 0.248. The van der Waals surface area contributed by atoms with Crippen molar-refractivity contribution in [3.63, 3.8) is 0 Å². The van der Waals surface area contributed by atoms with Crippen LogP contribution in [0.15, 0.2) is 95.9 Å². The Balaban J connectivity index is 1.28. The van der Waals surface area contributed by atoms with E-state index in [0.717, 1.165) is 39.2 Å². The molecule has 0 atom stereocenters. The maximum atomic E-state index is 13.0. The fourth-order valence-electron chi connectivity index (χ4n) is 3.83. The largest absolute Gasteiger partial charge is 0.489 e. The zero-order valence-corrected chi connectivity index (χ0v) is 19.7. The summed E-state index contributed by atoms with van der Waals surface area (Å²) in [5, 5.41) is 2.53. The number of hydrogen-bond acceptors (Lipinski definition) is 4. The van der Waals surface area contributed by atoms with E-state index in [4.69, 9.17) is 16.3 Å². The van der Waals surface area contributed by atoms with Crippen LogP contribution in [0.1, 0.15) is 16.7 Å². The maximum Gasteiger partial charge on any atom is 0.293 e. The van der Waals surface area contributed by atoms with Gasteiger partial charge in [-0.15, -0.1) is 0 Å². The zero-order chi connectivity index (χ0) is 23.5. The van der Waals surface area contributed by atoms with Crippen molar-refractivity contribution >= 4 is 51.4 Å². The van der Waals surface area contributed by atoms with E-state index in [9.17, 15) is 9.59 Å². The summed E-state index contributed by atoms with van der Waals surface area (Å²) in [6, 6.07) is 28.8. The van der Waals surface area contributed by atoms with Crippen molar-refractivity contribution in [1.29, 1.82) is 0 Å². The molecule has 2 amide bonds. The lowest BCUT2D eigenvalue weighted by Gasteiger charge is -2.14. The lowest BCUT2D eigenvalue weighted by Crippen LogP contribution is -2.27. The van der Waals surface area contributed by atoms with Crippen LogP contribution in [-0.4, -0.2) is 16.0 Å². The molecule has 0 aromatic heterocycles. The molecule has 5 rings (SSSR count). The Hall–Kier alpha value is -3.54. The van der Waals surface area contributed by atoms with Crippen molar-refractivity contribution in [2.45, 2.75) is 13.2 Å². The van der Waals surface area contributed by atoms with Crippen LogP contribution in [0.2, 0.25) is 5.02 Å². The highest BCUT2D eigenvalue weighted by Gasteiger charge is 2.35. The van der Waals surface area contributed by atoms with Gasteiger partial charge in [-0.1, -0.05) is 84.4 Å².